The Bertz CT molecular complexity index is 949. The molecular weight excluding hydrogens is 393 g/mol. The van der Waals surface area contributed by atoms with E-state index >= 15 is 0 Å². The maximum atomic E-state index is 13.6. The zero-order valence-electron chi connectivity index (χ0n) is 16.8. The fourth-order valence-electron chi connectivity index (χ4n) is 3.95. The van der Waals surface area contributed by atoms with Crippen LogP contribution >= 0.6 is 0 Å². The van der Waals surface area contributed by atoms with Gasteiger partial charge in [-0.25, -0.2) is 4.39 Å². The van der Waals surface area contributed by atoms with Gasteiger partial charge in [-0.05, 0) is 42.7 Å². The van der Waals surface area contributed by atoms with Crippen molar-refractivity contribution in [2.75, 3.05) is 27.3 Å². The quantitative estimate of drug-likeness (QED) is 0.749. The zero-order valence-corrected chi connectivity index (χ0v) is 16.8. The highest BCUT2D eigenvalue weighted by Crippen LogP contribution is 2.37. The van der Waals surface area contributed by atoms with Gasteiger partial charge in [0.1, 0.15) is 11.2 Å². The number of carboxylic acids is 1. The van der Waals surface area contributed by atoms with Crippen LogP contribution in [-0.4, -0.2) is 60.4 Å². The van der Waals surface area contributed by atoms with Gasteiger partial charge in [0, 0.05) is 13.1 Å². The molecule has 0 aromatic heterocycles. The number of halogens is 1. The standard InChI is InChI=1S/C22H24FNO6/c1-29-17-8-4-7-16(19(17)30-2)20(26)24-10-9-18(25)22(13-24,21(27)28)12-14-5-3-6-15(23)11-14/h3-8,11,18,25H,9-10,12-13H2,1-2H3,(H,27,28)/t18-,22-/m1/s1. The molecule has 3 rings (SSSR count). The number of benzene rings is 2. The van der Waals surface area contributed by atoms with Crippen molar-refractivity contribution in [1.29, 1.82) is 0 Å². The van der Waals surface area contributed by atoms with Crippen LogP contribution in [0, 0.1) is 11.2 Å². The van der Waals surface area contributed by atoms with Crippen molar-refractivity contribution in [1.82, 2.24) is 4.90 Å². The van der Waals surface area contributed by atoms with Crippen LogP contribution in [0.15, 0.2) is 42.5 Å². The lowest BCUT2D eigenvalue weighted by Crippen LogP contribution is -2.58. The van der Waals surface area contributed by atoms with Crippen LogP contribution in [0.2, 0.25) is 0 Å². The zero-order chi connectivity index (χ0) is 21.9. The third kappa shape index (κ3) is 3.95. The van der Waals surface area contributed by atoms with E-state index in [1.54, 1.807) is 24.3 Å². The third-order valence-electron chi connectivity index (χ3n) is 5.54. The molecule has 1 heterocycles. The van der Waals surface area contributed by atoms with E-state index in [9.17, 15) is 24.2 Å². The Hall–Kier alpha value is -3.13. The maximum Gasteiger partial charge on any atom is 0.314 e. The largest absolute Gasteiger partial charge is 0.493 e. The summed E-state index contributed by atoms with van der Waals surface area (Å²) in [6.45, 7) is -0.0439. The van der Waals surface area contributed by atoms with E-state index in [0.717, 1.165) is 0 Å². The molecule has 2 aromatic rings. The molecule has 0 unspecified atom stereocenters. The number of carbonyl (C=O) groups is 2. The summed E-state index contributed by atoms with van der Waals surface area (Å²) in [7, 11) is 2.87. The number of aliphatic hydroxyl groups is 1. The first-order chi connectivity index (χ1) is 14.3. The second kappa shape index (κ2) is 8.71. The number of methoxy groups -OCH3 is 2. The molecular formula is C22H24FNO6. The number of para-hydroxylation sites is 1. The smallest absolute Gasteiger partial charge is 0.314 e. The number of ether oxygens (including phenoxy) is 2. The van der Waals surface area contributed by atoms with Crippen LogP contribution in [-0.2, 0) is 11.2 Å². The van der Waals surface area contributed by atoms with Gasteiger partial charge in [-0.3, -0.25) is 9.59 Å². The summed E-state index contributed by atoms with van der Waals surface area (Å²) >= 11 is 0. The summed E-state index contributed by atoms with van der Waals surface area (Å²) in [6.07, 6.45) is -1.21. The van der Waals surface area contributed by atoms with Gasteiger partial charge >= 0.3 is 5.97 Å². The summed E-state index contributed by atoms with van der Waals surface area (Å²) in [5.74, 6) is -1.53. The summed E-state index contributed by atoms with van der Waals surface area (Å²) < 4.78 is 24.2. The van der Waals surface area contributed by atoms with E-state index in [1.165, 1.54) is 37.3 Å². The molecule has 2 N–H and O–H groups in total. The lowest BCUT2D eigenvalue weighted by atomic mass is 9.72. The van der Waals surface area contributed by atoms with Crippen LogP contribution in [0.3, 0.4) is 0 Å². The molecule has 2 atom stereocenters. The molecule has 7 nitrogen and oxygen atoms in total. The van der Waals surface area contributed by atoms with Gasteiger partial charge in [-0.15, -0.1) is 0 Å². The number of likely N-dealkylation sites (tertiary alicyclic amines) is 1. The highest BCUT2D eigenvalue weighted by atomic mass is 19.1. The van der Waals surface area contributed by atoms with Crippen molar-refractivity contribution in [3.8, 4) is 11.5 Å². The first-order valence-electron chi connectivity index (χ1n) is 9.48. The van der Waals surface area contributed by atoms with Gasteiger partial charge in [0.2, 0.25) is 0 Å². The summed E-state index contributed by atoms with van der Waals surface area (Å²) in [6, 6.07) is 10.5. The number of rotatable bonds is 6. The van der Waals surface area contributed by atoms with E-state index in [4.69, 9.17) is 9.47 Å². The Morgan fingerprint density at radius 2 is 1.93 bits per heavy atom. The predicted octanol–water partition coefficient (Wildman–Crippen LogP) is 2.36. The maximum absolute atomic E-state index is 13.6. The molecule has 1 saturated heterocycles. The second-order valence-electron chi connectivity index (χ2n) is 7.34. The highest BCUT2D eigenvalue weighted by Gasteiger charge is 2.50. The first kappa shape index (κ1) is 21.6. The van der Waals surface area contributed by atoms with Crippen molar-refractivity contribution in [2.24, 2.45) is 5.41 Å². The van der Waals surface area contributed by atoms with Crippen molar-refractivity contribution in [3.63, 3.8) is 0 Å². The van der Waals surface area contributed by atoms with Crippen molar-refractivity contribution in [3.05, 3.63) is 59.4 Å². The van der Waals surface area contributed by atoms with Crippen LogP contribution in [0.4, 0.5) is 4.39 Å². The summed E-state index contributed by atoms with van der Waals surface area (Å²) in [5, 5.41) is 20.6. The van der Waals surface area contributed by atoms with Crippen molar-refractivity contribution in [2.45, 2.75) is 18.9 Å². The van der Waals surface area contributed by atoms with E-state index in [-0.39, 0.29) is 37.2 Å². The molecule has 1 amide bonds. The topological polar surface area (TPSA) is 96.3 Å². The van der Waals surface area contributed by atoms with E-state index in [1.807, 2.05) is 0 Å². The van der Waals surface area contributed by atoms with E-state index < -0.39 is 29.2 Å². The van der Waals surface area contributed by atoms with Gasteiger partial charge in [-0.1, -0.05) is 18.2 Å². The number of piperidine rings is 1. The summed E-state index contributed by atoms with van der Waals surface area (Å²) in [4.78, 5) is 26.9. The molecule has 0 spiro atoms. The average Bonchev–Trinajstić information content (AvgIpc) is 2.74. The normalized spacial score (nSPS) is 21.2. The van der Waals surface area contributed by atoms with E-state index in [0.29, 0.717) is 11.3 Å². The van der Waals surface area contributed by atoms with Crippen LogP contribution in [0.25, 0.3) is 0 Å². The SMILES string of the molecule is COc1cccc(C(=O)N2CC[C@@H](O)[C@](Cc3cccc(F)c3)(C(=O)O)C2)c1OC. The number of aliphatic carboxylic acids is 1. The van der Waals surface area contributed by atoms with Gasteiger partial charge in [0.25, 0.3) is 5.91 Å². The minimum absolute atomic E-state index is 0.0830. The molecule has 8 heteroatoms. The van der Waals surface area contributed by atoms with Gasteiger partial charge < -0.3 is 24.6 Å². The number of hydrogen-bond donors (Lipinski definition) is 2. The average molecular weight is 417 g/mol. The van der Waals surface area contributed by atoms with Crippen molar-refractivity contribution >= 4 is 11.9 Å². The molecule has 160 valence electrons. The highest BCUT2D eigenvalue weighted by molar-refractivity contribution is 5.98. The molecule has 1 aliphatic heterocycles. The lowest BCUT2D eigenvalue weighted by Gasteiger charge is -2.43. The van der Waals surface area contributed by atoms with Gasteiger partial charge in [0.15, 0.2) is 11.5 Å². The number of nitrogens with zero attached hydrogens (tertiary/aromatic N) is 1. The van der Waals surface area contributed by atoms with Crippen LogP contribution in [0.5, 0.6) is 11.5 Å². The Morgan fingerprint density at radius 1 is 1.20 bits per heavy atom. The molecule has 0 radical (unpaired) electrons. The van der Waals surface area contributed by atoms with E-state index in [2.05, 4.69) is 0 Å². The fourth-order valence-corrected chi connectivity index (χ4v) is 3.95. The molecule has 1 aliphatic rings. The lowest BCUT2D eigenvalue weighted by molar-refractivity contribution is -0.161. The van der Waals surface area contributed by atoms with Crippen LogP contribution in [0.1, 0.15) is 22.3 Å². The Balaban J connectivity index is 1.95. The molecule has 2 aromatic carbocycles. The molecule has 30 heavy (non-hydrogen) atoms. The molecule has 0 aliphatic carbocycles. The molecule has 0 bridgehead atoms. The number of carboxylic acid groups (broad SMARTS) is 1. The Labute approximate surface area is 173 Å². The van der Waals surface area contributed by atoms with Gasteiger partial charge in [-0.2, -0.15) is 0 Å². The Kier molecular flexibility index (Phi) is 6.26. The second-order valence-corrected chi connectivity index (χ2v) is 7.34. The number of aliphatic hydroxyl groups excluding tert-OH is 1. The third-order valence-corrected chi connectivity index (χ3v) is 5.54. The first-order valence-corrected chi connectivity index (χ1v) is 9.48. The fraction of sp³-hybridized carbons (Fsp3) is 0.364. The van der Waals surface area contributed by atoms with Crippen LogP contribution < -0.4 is 9.47 Å². The molecule has 0 saturated carbocycles. The number of carbonyl (C=O) groups excluding carboxylic acids is 1. The molecule has 1 fully saturated rings. The number of amides is 1. The number of hydrogen-bond acceptors (Lipinski definition) is 5. The summed E-state index contributed by atoms with van der Waals surface area (Å²) in [5.41, 5.74) is -0.989. The van der Waals surface area contributed by atoms with Crippen molar-refractivity contribution < 1.29 is 33.7 Å². The Morgan fingerprint density at radius 3 is 2.57 bits per heavy atom. The predicted molar refractivity (Wildman–Crippen MR) is 106 cm³/mol. The van der Waals surface area contributed by atoms with Gasteiger partial charge in [0.05, 0.1) is 25.9 Å². The monoisotopic (exact) mass is 417 g/mol. The minimum Gasteiger partial charge on any atom is -0.493 e. The minimum atomic E-state index is -1.66.